The van der Waals surface area contributed by atoms with Crippen LogP contribution in [0.5, 0.6) is 11.5 Å². The lowest BCUT2D eigenvalue weighted by Gasteiger charge is -2.33. The van der Waals surface area contributed by atoms with Crippen LogP contribution in [0.15, 0.2) is 47.4 Å². The monoisotopic (exact) mass is 440 g/mol. The van der Waals surface area contributed by atoms with E-state index in [1.165, 1.54) is 17.0 Å². The highest BCUT2D eigenvalue weighted by molar-refractivity contribution is 7.99. The predicted molar refractivity (Wildman–Crippen MR) is 118 cm³/mol. The number of hydrogen-bond acceptors (Lipinski definition) is 3. The Morgan fingerprint density at radius 2 is 1.57 bits per heavy atom. The maximum Gasteiger partial charge on any atom is 0.416 e. The molecule has 0 fully saturated rings. The molecule has 0 saturated carbocycles. The van der Waals surface area contributed by atoms with Crippen molar-refractivity contribution in [3.63, 3.8) is 0 Å². The van der Waals surface area contributed by atoms with Gasteiger partial charge in [0.15, 0.2) is 0 Å². The standard InChI is InChI=1S/C24H31F3O2S/c1-5-13-23(14-6-2,17-30-21-11-12-22(28-4)18(3)15-21)16-29-20-9-7-19(8-10-20)24(25,26)27/h7-12,15H,5-6,13-14,16-17H2,1-4H3. The van der Waals surface area contributed by atoms with E-state index in [4.69, 9.17) is 9.47 Å². The minimum absolute atomic E-state index is 0.0370. The number of methoxy groups -OCH3 is 1. The van der Waals surface area contributed by atoms with Crippen LogP contribution in [0.4, 0.5) is 13.2 Å². The van der Waals surface area contributed by atoms with Crippen molar-refractivity contribution in [2.45, 2.75) is 57.5 Å². The number of benzene rings is 2. The van der Waals surface area contributed by atoms with Crippen molar-refractivity contribution in [2.75, 3.05) is 19.5 Å². The van der Waals surface area contributed by atoms with Crippen molar-refractivity contribution in [3.8, 4) is 11.5 Å². The molecule has 2 nitrogen and oxygen atoms in total. The lowest BCUT2D eigenvalue weighted by atomic mass is 9.82. The van der Waals surface area contributed by atoms with Gasteiger partial charge in [0.25, 0.3) is 0 Å². The lowest BCUT2D eigenvalue weighted by molar-refractivity contribution is -0.137. The first-order valence-corrected chi connectivity index (χ1v) is 11.3. The first-order valence-electron chi connectivity index (χ1n) is 10.3. The Kier molecular flexibility index (Phi) is 8.95. The van der Waals surface area contributed by atoms with Crippen molar-refractivity contribution in [3.05, 3.63) is 53.6 Å². The lowest BCUT2D eigenvalue weighted by Crippen LogP contribution is -2.31. The number of rotatable bonds is 11. The molecule has 0 atom stereocenters. The molecule has 0 spiro atoms. The van der Waals surface area contributed by atoms with Gasteiger partial charge in [-0.25, -0.2) is 0 Å². The summed E-state index contributed by atoms with van der Waals surface area (Å²) < 4.78 is 49.7. The summed E-state index contributed by atoms with van der Waals surface area (Å²) in [4.78, 5) is 1.18. The maximum absolute atomic E-state index is 12.8. The zero-order chi connectivity index (χ0) is 22.2. The summed E-state index contributed by atoms with van der Waals surface area (Å²) in [6.45, 7) is 6.83. The number of hydrogen-bond donors (Lipinski definition) is 0. The number of alkyl halides is 3. The van der Waals surface area contributed by atoms with E-state index < -0.39 is 11.7 Å². The van der Waals surface area contributed by atoms with Gasteiger partial charge in [0.1, 0.15) is 11.5 Å². The minimum Gasteiger partial charge on any atom is -0.496 e. The Labute approximate surface area is 182 Å². The highest BCUT2D eigenvalue weighted by Gasteiger charge is 2.31. The molecule has 6 heteroatoms. The zero-order valence-electron chi connectivity index (χ0n) is 18.1. The smallest absolute Gasteiger partial charge is 0.416 e. The number of thioether (sulfide) groups is 1. The summed E-state index contributed by atoms with van der Waals surface area (Å²) in [6.07, 6.45) is -0.274. The van der Waals surface area contributed by atoms with E-state index in [1.807, 2.05) is 13.0 Å². The summed E-state index contributed by atoms with van der Waals surface area (Å²) in [5.74, 6) is 2.24. The van der Waals surface area contributed by atoms with E-state index in [9.17, 15) is 13.2 Å². The van der Waals surface area contributed by atoms with Gasteiger partial charge in [-0.1, -0.05) is 26.7 Å². The average Bonchev–Trinajstić information content (AvgIpc) is 2.71. The summed E-state index contributed by atoms with van der Waals surface area (Å²) in [7, 11) is 1.67. The molecule has 0 bridgehead atoms. The minimum atomic E-state index is -4.33. The van der Waals surface area contributed by atoms with Crippen LogP contribution in [0.3, 0.4) is 0 Å². The van der Waals surface area contributed by atoms with Gasteiger partial charge in [-0.3, -0.25) is 0 Å². The Balaban J connectivity index is 2.10. The topological polar surface area (TPSA) is 18.5 Å². The molecular formula is C24H31F3O2S. The Morgan fingerprint density at radius 3 is 2.07 bits per heavy atom. The van der Waals surface area contributed by atoms with Crippen LogP contribution in [0, 0.1) is 12.3 Å². The SMILES string of the molecule is CCCC(CCC)(COc1ccc(C(F)(F)F)cc1)CSc1ccc(OC)c(C)c1. The molecule has 0 aliphatic rings. The molecule has 30 heavy (non-hydrogen) atoms. The molecule has 0 saturated heterocycles. The van der Waals surface area contributed by atoms with E-state index in [1.54, 1.807) is 18.9 Å². The molecule has 2 aromatic rings. The quantitative estimate of drug-likeness (QED) is 0.332. The first kappa shape index (κ1) is 24.4. The summed E-state index contributed by atoms with van der Waals surface area (Å²) in [5, 5.41) is 0. The molecule has 0 aromatic heterocycles. The van der Waals surface area contributed by atoms with Crippen molar-refractivity contribution >= 4 is 11.8 Å². The molecule has 0 heterocycles. The Hall–Kier alpha value is -1.82. The fraction of sp³-hybridized carbons (Fsp3) is 0.500. The molecular weight excluding hydrogens is 409 g/mol. The van der Waals surface area contributed by atoms with E-state index in [0.29, 0.717) is 12.4 Å². The summed E-state index contributed by atoms with van der Waals surface area (Å²) >= 11 is 1.80. The van der Waals surface area contributed by atoms with Crippen LogP contribution in [-0.2, 0) is 6.18 Å². The van der Waals surface area contributed by atoms with Gasteiger partial charge < -0.3 is 9.47 Å². The van der Waals surface area contributed by atoms with Gasteiger partial charge >= 0.3 is 6.18 Å². The second-order valence-corrected chi connectivity index (χ2v) is 8.78. The molecule has 0 amide bonds. The second kappa shape index (κ2) is 11.0. The zero-order valence-corrected chi connectivity index (χ0v) is 19.0. The van der Waals surface area contributed by atoms with Gasteiger partial charge in [0.2, 0.25) is 0 Å². The number of aryl methyl sites for hydroxylation is 1. The second-order valence-electron chi connectivity index (χ2n) is 7.73. The molecule has 0 N–H and O–H groups in total. The fourth-order valence-corrected chi connectivity index (χ4v) is 4.94. The van der Waals surface area contributed by atoms with Crippen molar-refractivity contribution in [1.82, 2.24) is 0 Å². The van der Waals surface area contributed by atoms with Gasteiger partial charge in [0.05, 0.1) is 19.3 Å². The summed E-state index contributed by atoms with van der Waals surface area (Å²) in [5.41, 5.74) is 0.402. The largest absolute Gasteiger partial charge is 0.496 e. The highest BCUT2D eigenvalue weighted by atomic mass is 32.2. The molecule has 0 aliphatic heterocycles. The van der Waals surface area contributed by atoms with Crippen molar-refractivity contribution in [1.29, 1.82) is 0 Å². The molecule has 0 aliphatic carbocycles. The molecule has 2 aromatic carbocycles. The van der Waals surface area contributed by atoms with E-state index in [-0.39, 0.29) is 5.41 Å². The number of halogens is 3. The van der Waals surface area contributed by atoms with Crippen molar-refractivity contribution < 1.29 is 22.6 Å². The first-order chi connectivity index (χ1) is 14.2. The Morgan fingerprint density at radius 1 is 0.933 bits per heavy atom. The highest BCUT2D eigenvalue weighted by Crippen LogP contribution is 2.38. The maximum atomic E-state index is 12.8. The molecule has 0 unspecified atom stereocenters. The van der Waals surface area contributed by atoms with Crippen LogP contribution in [0.2, 0.25) is 0 Å². The number of ether oxygens (including phenoxy) is 2. The normalized spacial score (nSPS) is 12.1. The third-order valence-electron chi connectivity index (χ3n) is 5.20. The molecule has 0 radical (unpaired) electrons. The molecule has 166 valence electrons. The van der Waals surface area contributed by atoms with Crippen LogP contribution >= 0.6 is 11.8 Å². The predicted octanol–water partition coefficient (Wildman–Crippen LogP) is 7.78. The van der Waals surface area contributed by atoms with Crippen LogP contribution in [-0.4, -0.2) is 19.5 Å². The van der Waals surface area contributed by atoms with E-state index in [0.717, 1.165) is 54.9 Å². The van der Waals surface area contributed by atoms with Crippen LogP contribution < -0.4 is 9.47 Å². The average molecular weight is 441 g/mol. The van der Waals surface area contributed by atoms with Gasteiger partial charge in [0, 0.05) is 16.1 Å². The fourth-order valence-electron chi connectivity index (χ4n) is 3.67. The van der Waals surface area contributed by atoms with Gasteiger partial charge in [-0.05, 0) is 67.8 Å². The molecule has 2 rings (SSSR count). The van der Waals surface area contributed by atoms with E-state index >= 15 is 0 Å². The third-order valence-corrected chi connectivity index (χ3v) is 6.54. The van der Waals surface area contributed by atoms with Crippen molar-refractivity contribution in [2.24, 2.45) is 5.41 Å². The van der Waals surface area contributed by atoms with Crippen LogP contribution in [0.1, 0.15) is 50.7 Å². The Bertz CT molecular complexity index is 782. The van der Waals surface area contributed by atoms with Crippen LogP contribution in [0.25, 0.3) is 0 Å². The van der Waals surface area contributed by atoms with Gasteiger partial charge in [-0.15, -0.1) is 11.8 Å². The third kappa shape index (κ3) is 6.86. The summed E-state index contributed by atoms with van der Waals surface area (Å²) in [6, 6.07) is 11.1. The van der Waals surface area contributed by atoms with E-state index in [2.05, 4.69) is 26.0 Å². The van der Waals surface area contributed by atoms with Gasteiger partial charge in [-0.2, -0.15) is 13.2 Å².